The first kappa shape index (κ1) is 13.4. The SMILES string of the molecule is CC(C)NCc1occc1CN1Cc2ccccc2C1. The fourth-order valence-corrected chi connectivity index (χ4v) is 2.72. The van der Waals surface area contributed by atoms with Crippen molar-refractivity contribution in [3.05, 3.63) is 59.0 Å². The topological polar surface area (TPSA) is 28.4 Å². The molecule has 0 atom stereocenters. The van der Waals surface area contributed by atoms with E-state index in [1.807, 2.05) is 0 Å². The van der Waals surface area contributed by atoms with Crippen molar-refractivity contribution in [1.82, 2.24) is 10.2 Å². The monoisotopic (exact) mass is 270 g/mol. The first-order chi connectivity index (χ1) is 9.72. The molecule has 0 aliphatic carbocycles. The van der Waals surface area contributed by atoms with Gasteiger partial charge in [0, 0.05) is 31.2 Å². The second kappa shape index (κ2) is 5.81. The minimum atomic E-state index is 0.476. The fourth-order valence-electron chi connectivity index (χ4n) is 2.72. The second-order valence-electron chi connectivity index (χ2n) is 5.82. The molecular formula is C17H22N2O. The zero-order valence-electron chi connectivity index (χ0n) is 12.2. The van der Waals surface area contributed by atoms with Crippen molar-refractivity contribution in [3.8, 4) is 0 Å². The van der Waals surface area contributed by atoms with Gasteiger partial charge in [-0.1, -0.05) is 38.1 Å². The molecule has 1 aliphatic heterocycles. The van der Waals surface area contributed by atoms with Crippen LogP contribution in [0.3, 0.4) is 0 Å². The van der Waals surface area contributed by atoms with Gasteiger partial charge >= 0.3 is 0 Å². The molecule has 20 heavy (non-hydrogen) atoms. The van der Waals surface area contributed by atoms with E-state index in [0.717, 1.165) is 31.9 Å². The highest BCUT2D eigenvalue weighted by atomic mass is 16.3. The molecule has 0 fully saturated rings. The Balaban J connectivity index is 1.64. The van der Waals surface area contributed by atoms with Crippen molar-refractivity contribution >= 4 is 0 Å². The maximum atomic E-state index is 5.61. The fraction of sp³-hybridized carbons (Fsp3) is 0.412. The molecule has 0 unspecified atom stereocenters. The van der Waals surface area contributed by atoms with Crippen molar-refractivity contribution in [2.45, 2.75) is 46.1 Å². The van der Waals surface area contributed by atoms with Crippen molar-refractivity contribution in [2.75, 3.05) is 0 Å². The average molecular weight is 270 g/mol. The smallest absolute Gasteiger partial charge is 0.122 e. The highest BCUT2D eigenvalue weighted by Crippen LogP contribution is 2.25. The molecule has 3 heteroatoms. The quantitative estimate of drug-likeness (QED) is 0.903. The van der Waals surface area contributed by atoms with Crippen LogP contribution in [-0.2, 0) is 26.2 Å². The molecule has 2 aromatic rings. The van der Waals surface area contributed by atoms with Gasteiger partial charge in [0.05, 0.1) is 12.8 Å². The Morgan fingerprint density at radius 1 is 1.15 bits per heavy atom. The van der Waals surface area contributed by atoms with Gasteiger partial charge in [-0.05, 0) is 17.2 Å². The highest BCUT2D eigenvalue weighted by Gasteiger charge is 2.19. The molecule has 106 valence electrons. The van der Waals surface area contributed by atoms with Crippen LogP contribution < -0.4 is 5.32 Å². The number of furan rings is 1. The van der Waals surface area contributed by atoms with Crippen LogP contribution in [0.1, 0.15) is 36.3 Å². The number of nitrogens with one attached hydrogen (secondary N) is 1. The summed E-state index contributed by atoms with van der Waals surface area (Å²) >= 11 is 0. The summed E-state index contributed by atoms with van der Waals surface area (Å²) in [6.45, 7) is 8.15. The van der Waals surface area contributed by atoms with Crippen molar-refractivity contribution in [1.29, 1.82) is 0 Å². The summed E-state index contributed by atoms with van der Waals surface area (Å²) < 4.78 is 5.61. The maximum Gasteiger partial charge on any atom is 0.122 e. The van der Waals surface area contributed by atoms with E-state index in [0.29, 0.717) is 6.04 Å². The van der Waals surface area contributed by atoms with Crippen LogP contribution in [0.4, 0.5) is 0 Å². The van der Waals surface area contributed by atoms with E-state index in [4.69, 9.17) is 4.42 Å². The van der Waals surface area contributed by atoms with E-state index in [1.165, 1.54) is 16.7 Å². The molecule has 0 bridgehead atoms. The number of nitrogens with zero attached hydrogens (tertiary/aromatic N) is 1. The summed E-state index contributed by atoms with van der Waals surface area (Å²) in [6.07, 6.45) is 1.80. The highest BCUT2D eigenvalue weighted by molar-refractivity contribution is 5.30. The number of hydrogen-bond acceptors (Lipinski definition) is 3. The molecule has 0 saturated carbocycles. The Morgan fingerprint density at radius 3 is 2.50 bits per heavy atom. The molecule has 1 aromatic carbocycles. The Hall–Kier alpha value is -1.58. The van der Waals surface area contributed by atoms with E-state index in [2.05, 4.69) is 54.4 Å². The molecule has 1 N–H and O–H groups in total. The zero-order chi connectivity index (χ0) is 13.9. The molecule has 3 nitrogen and oxygen atoms in total. The molecular weight excluding hydrogens is 248 g/mol. The number of rotatable bonds is 5. The minimum Gasteiger partial charge on any atom is -0.468 e. The van der Waals surface area contributed by atoms with Crippen molar-refractivity contribution < 1.29 is 4.42 Å². The third-order valence-corrected chi connectivity index (χ3v) is 3.81. The third kappa shape index (κ3) is 2.94. The lowest BCUT2D eigenvalue weighted by Gasteiger charge is -2.15. The first-order valence-electron chi connectivity index (χ1n) is 7.30. The molecule has 0 spiro atoms. The van der Waals surface area contributed by atoms with E-state index < -0.39 is 0 Å². The van der Waals surface area contributed by atoms with Gasteiger partial charge in [-0.15, -0.1) is 0 Å². The summed E-state index contributed by atoms with van der Waals surface area (Å²) in [5, 5.41) is 3.42. The van der Waals surface area contributed by atoms with E-state index in [9.17, 15) is 0 Å². The molecule has 0 amide bonds. The third-order valence-electron chi connectivity index (χ3n) is 3.81. The van der Waals surface area contributed by atoms with Crippen LogP contribution in [0.2, 0.25) is 0 Å². The van der Waals surface area contributed by atoms with E-state index in [1.54, 1.807) is 6.26 Å². The van der Waals surface area contributed by atoms with E-state index >= 15 is 0 Å². The first-order valence-corrected chi connectivity index (χ1v) is 7.30. The lowest BCUT2D eigenvalue weighted by Crippen LogP contribution is -2.23. The normalized spacial score (nSPS) is 14.9. The lowest BCUT2D eigenvalue weighted by molar-refractivity contribution is 0.272. The zero-order valence-corrected chi connectivity index (χ0v) is 12.2. The van der Waals surface area contributed by atoms with Gasteiger partial charge in [-0.3, -0.25) is 4.90 Å². The summed E-state index contributed by atoms with van der Waals surface area (Å²) in [5.41, 5.74) is 4.21. The van der Waals surface area contributed by atoms with Crippen LogP contribution in [0.5, 0.6) is 0 Å². The van der Waals surface area contributed by atoms with Crippen LogP contribution in [-0.4, -0.2) is 10.9 Å². The van der Waals surface area contributed by atoms with Gasteiger partial charge in [-0.2, -0.15) is 0 Å². The van der Waals surface area contributed by atoms with Crippen LogP contribution in [0, 0.1) is 0 Å². The largest absolute Gasteiger partial charge is 0.468 e. The van der Waals surface area contributed by atoms with Gasteiger partial charge in [0.15, 0.2) is 0 Å². The Kier molecular flexibility index (Phi) is 3.90. The number of hydrogen-bond donors (Lipinski definition) is 1. The van der Waals surface area contributed by atoms with Gasteiger partial charge in [0.25, 0.3) is 0 Å². The lowest BCUT2D eigenvalue weighted by atomic mass is 10.1. The summed E-state index contributed by atoms with van der Waals surface area (Å²) in [5.74, 6) is 1.06. The second-order valence-corrected chi connectivity index (χ2v) is 5.82. The summed E-state index contributed by atoms with van der Waals surface area (Å²) in [7, 11) is 0. The average Bonchev–Trinajstić information content (AvgIpc) is 3.02. The van der Waals surface area contributed by atoms with Crippen LogP contribution in [0.15, 0.2) is 41.0 Å². The molecule has 1 aliphatic rings. The Bertz CT molecular complexity index is 549. The van der Waals surface area contributed by atoms with Crippen molar-refractivity contribution in [2.24, 2.45) is 0 Å². The van der Waals surface area contributed by atoms with Crippen molar-refractivity contribution in [3.63, 3.8) is 0 Å². The van der Waals surface area contributed by atoms with Gasteiger partial charge < -0.3 is 9.73 Å². The Morgan fingerprint density at radius 2 is 1.85 bits per heavy atom. The van der Waals surface area contributed by atoms with Gasteiger partial charge in [0.1, 0.15) is 5.76 Å². The summed E-state index contributed by atoms with van der Waals surface area (Å²) in [6, 6.07) is 11.3. The summed E-state index contributed by atoms with van der Waals surface area (Å²) in [4.78, 5) is 2.47. The Labute approximate surface area is 120 Å². The van der Waals surface area contributed by atoms with Gasteiger partial charge in [0.2, 0.25) is 0 Å². The molecule has 0 saturated heterocycles. The molecule has 0 radical (unpaired) electrons. The minimum absolute atomic E-state index is 0.476. The van der Waals surface area contributed by atoms with E-state index in [-0.39, 0.29) is 0 Å². The number of benzene rings is 1. The standard InChI is InChI=1S/C17H22N2O/c1-13(2)18-9-17-16(7-8-20-17)12-19-10-14-5-3-4-6-15(14)11-19/h3-8,13,18H,9-12H2,1-2H3. The predicted octanol–water partition coefficient (Wildman–Crippen LogP) is 3.29. The maximum absolute atomic E-state index is 5.61. The number of fused-ring (bicyclic) bond motifs is 1. The molecule has 2 heterocycles. The van der Waals surface area contributed by atoms with Crippen LogP contribution >= 0.6 is 0 Å². The molecule has 3 rings (SSSR count). The van der Waals surface area contributed by atoms with Crippen LogP contribution in [0.25, 0.3) is 0 Å². The predicted molar refractivity (Wildman–Crippen MR) is 80.1 cm³/mol. The molecule has 1 aromatic heterocycles. The van der Waals surface area contributed by atoms with Gasteiger partial charge in [-0.25, -0.2) is 0 Å².